The van der Waals surface area contributed by atoms with Gasteiger partial charge in [0.15, 0.2) is 5.82 Å². The molecule has 2 aliphatic rings. The molecule has 0 fully saturated rings. The van der Waals surface area contributed by atoms with E-state index in [0.717, 1.165) is 37.1 Å². The second kappa shape index (κ2) is 4.84. The lowest BCUT2D eigenvalue weighted by Gasteiger charge is -2.31. The number of anilines is 1. The lowest BCUT2D eigenvalue weighted by molar-refractivity contribution is 0.579. The van der Waals surface area contributed by atoms with E-state index in [-0.39, 0.29) is 0 Å². The van der Waals surface area contributed by atoms with Crippen molar-refractivity contribution >= 4 is 18.0 Å². The second-order valence-electron chi connectivity index (χ2n) is 5.68. The van der Waals surface area contributed by atoms with Crippen molar-refractivity contribution in [3.8, 4) is 0 Å². The third-order valence-corrected chi connectivity index (χ3v) is 3.89. The number of imidazole rings is 1. The molecule has 106 valence electrons. The Bertz CT molecular complexity index is 714. The molecular formula is C16H17N5. The van der Waals surface area contributed by atoms with Gasteiger partial charge in [-0.25, -0.2) is 9.98 Å². The quantitative estimate of drug-likeness (QED) is 0.846. The Kier molecular flexibility index (Phi) is 2.84. The molecule has 1 aromatic heterocycles. The fourth-order valence-electron chi connectivity index (χ4n) is 2.81. The molecular weight excluding hydrogens is 262 g/mol. The summed E-state index contributed by atoms with van der Waals surface area (Å²) in [6.07, 6.45) is 3.78. The summed E-state index contributed by atoms with van der Waals surface area (Å²) < 4.78 is 2.14. The number of hydrogen-bond donors (Lipinski definition) is 0. The Morgan fingerprint density at radius 3 is 2.95 bits per heavy atom. The maximum absolute atomic E-state index is 4.59. The van der Waals surface area contributed by atoms with Crippen LogP contribution in [0.3, 0.4) is 0 Å². The van der Waals surface area contributed by atoms with E-state index in [9.17, 15) is 0 Å². The Labute approximate surface area is 123 Å². The van der Waals surface area contributed by atoms with Crippen molar-refractivity contribution in [1.82, 2.24) is 9.55 Å². The summed E-state index contributed by atoms with van der Waals surface area (Å²) in [6.45, 7) is 4.80. The molecule has 5 nitrogen and oxygen atoms in total. The third-order valence-electron chi connectivity index (χ3n) is 3.89. The van der Waals surface area contributed by atoms with E-state index >= 15 is 0 Å². The van der Waals surface area contributed by atoms with Crippen molar-refractivity contribution < 1.29 is 0 Å². The zero-order valence-electron chi connectivity index (χ0n) is 12.0. The van der Waals surface area contributed by atoms with Gasteiger partial charge in [-0.05, 0) is 11.5 Å². The minimum absolute atomic E-state index is 0.536. The van der Waals surface area contributed by atoms with Crippen LogP contribution in [0.2, 0.25) is 0 Å². The van der Waals surface area contributed by atoms with Crippen LogP contribution in [0.1, 0.15) is 18.2 Å². The van der Waals surface area contributed by atoms with Crippen molar-refractivity contribution in [2.75, 3.05) is 18.0 Å². The van der Waals surface area contributed by atoms with Crippen molar-refractivity contribution in [2.24, 2.45) is 15.9 Å². The summed E-state index contributed by atoms with van der Waals surface area (Å²) in [5.41, 5.74) is 2.32. The van der Waals surface area contributed by atoms with Crippen LogP contribution in [0, 0.1) is 5.92 Å². The van der Waals surface area contributed by atoms with Gasteiger partial charge in [0.2, 0.25) is 5.96 Å². The van der Waals surface area contributed by atoms with Crippen molar-refractivity contribution in [2.45, 2.75) is 13.5 Å². The molecule has 1 atom stereocenters. The molecule has 4 rings (SSSR count). The number of aromatic nitrogens is 2. The first-order valence-corrected chi connectivity index (χ1v) is 7.26. The first-order chi connectivity index (χ1) is 10.3. The molecule has 0 aliphatic carbocycles. The Hall–Kier alpha value is -2.43. The predicted octanol–water partition coefficient (Wildman–Crippen LogP) is 2.18. The highest BCUT2D eigenvalue weighted by molar-refractivity contribution is 6.09. The molecule has 3 heterocycles. The zero-order valence-corrected chi connectivity index (χ0v) is 12.0. The molecule has 21 heavy (non-hydrogen) atoms. The average molecular weight is 279 g/mol. The van der Waals surface area contributed by atoms with Gasteiger partial charge in [-0.3, -0.25) is 9.89 Å². The lowest BCUT2D eigenvalue weighted by atomic mass is 10.1. The molecule has 0 saturated carbocycles. The first kappa shape index (κ1) is 12.3. The summed E-state index contributed by atoms with van der Waals surface area (Å²) in [5.74, 6) is 2.31. The lowest BCUT2D eigenvalue weighted by Crippen LogP contribution is -2.41. The number of hydrogen-bond acceptors (Lipinski definition) is 4. The van der Waals surface area contributed by atoms with Crippen LogP contribution in [0.4, 0.5) is 5.82 Å². The van der Waals surface area contributed by atoms with Crippen LogP contribution < -0.4 is 4.90 Å². The minimum Gasteiger partial charge on any atom is -0.324 e. The number of aliphatic imine (C=N–C) groups is 2. The number of rotatable bonds is 2. The highest BCUT2D eigenvalue weighted by Crippen LogP contribution is 2.25. The monoisotopic (exact) mass is 279 g/mol. The van der Waals surface area contributed by atoms with E-state index in [2.05, 4.69) is 55.6 Å². The molecule has 2 aliphatic heterocycles. The maximum Gasteiger partial charge on any atom is 0.226 e. The average Bonchev–Trinajstić information content (AvgIpc) is 2.92. The molecule has 1 aromatic carbocycles. The molecule has 0 bridgehead atoms. The number of nitrogens with zero attached hydrogens (tertiary/aromatic N) is 5. The van der Waals surface area contributed by atoms with Gasteiger partial charge in [0.05, 0.1) is 12.5 Å². The molecule has 0 amide bonds. The molecule has 1 unspecified atom stereocenters. The van der Waals surface area contributed by atoms with Crippen molar-refractivity contribution in [1.29, 1.82) is 0 Å². The van der Waals surface area contributed by atoms with Gasteiger partial charge in [0.25, 0.3) is 0 Å². The van der Waals surface area contributed by atoms with Crippen LogP contribution >= 0.6 is 0 Å². The molecule has 0 radical (unpaired) electrons. The predicted molar refractivity (Wildman–Crippen MR) is 84.2 cm³/mol. The molecule has 5 heteroatoms. The van der Waals surface area contributed by atoms with Gasteiger partial charge in [-0.15, -0.1) is 0 Å². The SMILES string of the molecule is CC1CN=C2N=Cc3c(ncn3Cc3ccccc3)N2C1. The normalized spacial score (nSPS) is 20.0. The van der Waals surface area contributed by atoms with E-state index in [1.54, 1.807) is 0 Å². The number of fused-ring (bicyclic) bond motifs is 3. The van der Waals surface area contributed by atoms with E-state index in [4.69, 9.17) is 0 Å². The fraction of sp³-hybridized carbons (Fsp3) is 0.312. The Balaban J connectivity index is 1.69. The molecule has 0 spiro atoms. The van der Waals surface area contributed by atoms with E-state index in [1.807, 2.05) is 18.6 Å². The van der Waals surface area contributed by atoms with Gasteiger partial charge < -0.3 is 4.57 Å². The van der Waals surface area contributed by atoms with Crippen molar-refractivity contribution in [3.05, 3.63) is 47.9 Å². The third kappa shape index (κ3) is 2.14. The summed E-state index contributed by atoms with van der Waals surface area (Å²) in [6, 6.07) is 10.4. The zero-order chi connectivity index (χ0) is 14.2. The van der Waals surface area contributed by atoms with Gasteiger partial charge in [0, 0.05) is 19.6 Å². The molecule has 0 N–H and O–H groups in total. The van der Waals surface area contributed by atoms with E-state index < -0.39 is 0 Å². The minimum atomic E-state index is 0.536. The Morgan fingerprint density at radius 2 is 2.10 bits per heavy atom. The largest absolute Gasteiger partial charge is 0.324 e. The summed E-state index contributed by atoms with van der Waals surface area (Å²) in [5, 5.41) is 0. The van der Waals surface area contributed by atoms with E-state index in [1.165, 1.54) is 5.56 Å². The molecule has 2 aromatic rings. The second-order valence-corrected chi connectivity index (χ2v) is 5.68. The van der Waals surface area contributed by atoms with Crippen molar-refractivity contribution in [3.63, 3.8) is 0 Å². The van der Waals surface area contributed by atoms with Gasteiger partial charge in [0.1, 0.15) is 5.69 Å². The number of guanidine groups is 1. The molecule has 0 saturated heterocycles. The number of benzene rings is 1. The van der Waals surface area contributed by atoms with Gasteiger partial charge >= 0.3 is 0 Å². The highest BCUT2D eigenvalue weighted by atomic mass is 15.4. The summed E-state index contributed by atoms with van der Waals surface area (Å²) in [7, 11) is 0. The Morgan fingerprint density at radius 1 is 1.24 bits per heavy atom. The van der Waals surface area contributed by atoms with Crippen LogP contribution in [0.15, 0.2) is 46.6 Å². The van der Waals surface area contributed by atoms with Gasteiger partial charge in [-0.2, -0.15) is 0 Å². The smallest absolute Gasteiger partial charge is 0.226 e. The van der Waals surface area contributed by atoms with Crippen LogP contribution in [0.25, 0.3) is 0 Å². The first-order valence-electron chi connectivity index (χ1n) is 7.26. The topological polar surface area (TPSA) is 45.8 Å². The van der Waals surface area contributed by atoms with Crippen LogP contribution in [-0.4, -0.2) is 34.8 Å². The van der Waals surface area contributed by atoms with Gasteiger partial charge in [-0.1, -0.05) is 37.3 Å². The summed E-state index contributed by atoms with van der Waals surface area (Å²) in [4.78, 5) is 15.7. The highest BCUT2D eigenvalue weighted by Gasteiger charge is 2.28. The fourth-order valence-corrected chi connectivity index (χ4v) is 2.81. The van der Waals surface area contributed by atoms with Crippen LogP contribution in [-0.2, 0) is 6.54 Å². The maximum atomic E-state index is 4.59. The van der Waals surface area contributed by atoms with Crippen LogP contribution in [0.5, 0.6) is 0 Å². The standard InChI is InChI=1S/C16H17N5/c1-12-7-17-16-18-8-14-15(21(16)9-12)19-11-20(14)10-13-5-3-2-4-6-13/h2-6,8,11-12H,7,9-10H2,1H3. The van der Waals surface area contributed by atoms with E-state index in [0.29, 0.717) is 5.92 Å². The summed E-state index contributed by atoms with van der Waals surface area (Å²) >= 11 is 0.